The lowest BCUT2D eigenvalue weighted by Gasteiger charge is -2.19. The summed E-state index contributed by atoms with van der Waals surface area (Å²) in [6.07, 6.45) is 2.73. The van der Waals surface area contributed by atoms with Crippen molar-refractivity contribution in [2.75, 3.05) is 35.5 Å². The molecule has 0 heterocycles. The van der Waals surface area contributed by atoms with Crippen molar-refractivity contribution < 1.29 is 38.3 Å². The van der Waals surface area contributed by atoms with E-state index in [0.717, 1.165) is 5.56 Å². The third-order valence-corrected chi connectivity index (χ3v) is 5.24. The molecule has 0 radical (unpaired) electrons. The van der Waals surface area contributed by atoms with Gasteiger partial charge in [-0.05, 0) is 35.9 Å². The summed E-state index contributed by atoms with van der Waals surface area (Å²) in [5.41, 5.74) is 1.58. The Kier molecular flexibility index (Phi) is 8.45. The van der Waals surface area contributed by atoms with Gasteiger partial charge >= 0.3 is 0 Å². The van der Waals surface area contributed by atoms with Crippen LogP contribution < -0.4 is 28.4 Å². The van der Waals surface area contributed by atoms with Gasteiger partial charge in [0.15, 0.2) is 28.8 Å². The van der Waals surface area contributed by atoms with Crippen molar-refractivity contribution >= 4 is 11.9 Å². The van der Waals surface area contributed by atoms with Gasteiger partial charge in [-0.15, -0.1) is 0 Å². The first kappa shape index (κ1) is 25.3. The number of carbonyl (C=O) groups is 1. The van der Waals surface area contributed by atoms with Crippen molar-refractivity contribution in [3.05, 3.63) is 71.3 Å². The van der Waals surface area contributed by atoms with Crippen LogP contribution in [0, 0.1) is 0 Å². The number of hydrogen-bond donors (Lipinski definition) is 1. The maximum atomic E-state index is 12.9. The van der Waals surface area contributed by atoms with Gasteiger partial charge in [-0.1, -0.05) is 30.3 Å². The standard InChI is InChI=1S/C27H28O8/c1-30-22-15-18(11-14-21(22)35-16-17-9-7-6-8-10-17)20(28)13-12-19-23(29)25(32-3)27(34-5)26(33-4)24(19)31-2/h6-15,29H,16H2,1-5H3. The third kappa shape index (κ3) is 5.43. The molecule has 184 valence electrons. The number of rotatable bonds is 11. The van der Waals surface area contributed by atoms with Crippen molar-refractivity contribution in [1.82, 2.24) is 0 Å². The fourth-order valence-corrected chi connectivity index (χ4v) is 3.51. The molecular formula is C27H28O8. The minimum Gasteiger partial charge on any atom is -0.504 e. The summed E-state index contributed by atoms with van der Waals surface area (Å²) in [6, 6.07) is 14.6. The molecule has 0 bridgehead atoms. The molecule has 0 unspecified atom stereocenters. The number of ether oxygens (including phenoxy) is 6. The van der Waals surface area contributed by atoms with Crippen LogP contribution in [0.4, 0.5) is 0 Å². The molecule has 0 aliphatic carbocycles. The Morgan fingerprint density at radius 1 is 0.771 bits per heavy atom. The summed E-state index contributed by atoms with van der Waals surface area (Å²) in [4.78, 5) is 12.9. The maximum Gasteiger partial charge on any atom is 0.211 e. The molecule has 0 aromatic heterocycles. The van der Waals surface area contributed by atoms with E-state index < -0.39 is 0 Å². The summed E-state index contributed by atoms with van der Waals surface area (Å²) >= 11 is 0. The molecule has 3 rings (SSSR count). The summed E-state index contributed by atoms with van der Waals surface area (Å²) in [5.74, 6) is 0.991. The van der Waals surface area contributed by atoms with Crippen LogP contribution in [-0.4, -0.2) is 46.4 Å². The number of methoxy groups -OCH3 is 5. The normalized spacial score (nSPS) is 10.7. The van der Waals surface area contributed by atoms with Crippen molar-refractivity contribution in [1.29, 1.82) is 0 Å². The van der Waals surface area contributed by atoms with E-state index >= 15 is 0 Å². The minimum absolute atomic E-state index is 0.0545. The topological polar surface area (TPSA) is 92.7 Å². The highest BCUT2D eigenvalue weighted by Crippen LogP contribution is 2.53. The summed E-state index contributed by atoms with van der Waals surface area (Å²) in [6.45, 7) is 0.366. The Morgan fingerprint density at radius 3 is 2.00 bits per heavy atom. The quantitative estimate of drug-likeness (QED) is 0.306. The lowest BCUT2D eigenvalue weighted by molar-refractivity contribution is 0.104. The first-order chi connectivity index (χ1) is 17.0. The van der Waals surface area contributed by atoms with Gasteiger partial charge in [0.25, 0.3) is 0 Å². The lowest BCUT2D eigenvalue weighted by Crippen LogP contribution is -2.02. The maximum absolute atomic E-state index is 12.9. The Morgan fingerprint density at radius 2 is 1.40 bits per heavy atom. The molecule has 8 heteroatoms. The number of carbonyl (C=O) groups excluding carboxylic acids is 1. The second kappa shape index (κ2) is 11.7. The Bertz CT molecular complexity index is 1200. The zero-order chi connectivity index (χ0) is 25.4. The van der Waals surface area contributed by atoms with Gasteiger partial charge in [0.2, 0.25) is 17.2 Å². The molecule has 3 aromatic carbocycles. The van der Waals surface area contributed by atoms with Crippen LogP contribution in [0.25, 0.3) is 6.08 Å². The Labute approximate surface area is 204 Å². The predicted octanol–water partition coefficient (Wildman–Crippen LogP) is 4.91. The SMILES string of the molecule is COc1cc(C(=O)C=Cc2c(O)c(OC)c(OC)c(OC)c2OC)ccc1OCc1ccccc1. The molecule has 0 saturated heterocycles. The van der Waals surface area contributed by atoms with Gasteiger partial charge in [0.05, 0.1) is 41.1 Å². The molecule has 0 aliphatic rings. The molecule has 1 N–H and O–H groups in total. The van der Waals surface area contributed by atoms with E-state index in [1.165, 1.54) is 47.7 Å². The van der Waals surface area contributed by atoms with Crippen LogP contribution in [0.1, 0.15) is 21.5 Å². The summed E-state index contributed by atoms with van der Waals surface area (Å²) in [7, 11) is 7.16. The highest BCUT2D eigenvalue weighted by atomic mass is 16.5. The van der Waals surface area contributed by atoms with Gasteiger partial charge in [0, 0.05) is 5.56 Å². The number of aromatic hydroxyl groups is 1. The van der Waals surface area contributed by atoms with Crippen LogP contribution in [0.3, 0.4) is 0 Å². The van der Waals surface area contributed by atoms with Crippen LogP contribution >= 0.6 is 0 Å². The van der Waals surface area contributed by atoms with Gasteiger partial charge in [-0.25, -0.2) is 0 Å². The fraction of sp³-hybridized carbons (Fsp3) is 0.222. The van der Waals surface area contributed by atoms with E-state index in [9.17, 15) is 9.90 Å². The van der Waals surface area contributed by atoms with Crippen molar-refractivity contribution in [2.24, 2.45) is 0 Å². The lowest BCUT2D eigenvalue weighted by atomic mass is 10.1. The number of phenols is 1. The number of ketones is 1. The zero-order valence-corrected chi connectivity index (χ0v) is 20.3. The van der Waals surface area contributed by atoms with Crippen molar-refractivity contribution in [3.8, 4) is 40.2 Å². The fourth-order valence-electron chi connectivity index (χ4n) is 3.51. The largest absolute Gasteiger partial charge is 0.504 e. The van der Waals surface area contributed by atoms with E-state index in [-0.39, 0.29) is 40.1 Å². The van der Waals surface area contributed by atoms with Gasteiger partial charge < -0.3 is 33.5 Å². The minimum atomic E-state index is -0.326. The van der Waals surface area contributed by atoms with Crippen molar-refractivity contribution in [3.63, 3.8) is 0 Å². The second-order valence-electron chi connectivity index (χ2n) is 7.23. The molecule has 0 atom stereocenters. The van der Waals surface area contributed by atoms with Crippen LogP contribution in [0.2, 0.25) is 0 Å². The molecule has 0 saturated carbocycles. The number of phenolic OH excluding ortho intramolecular Hbond substituents is 1. The van der Waals surface area contributed by atoms with Gasteiger partial charge in [-0.2, -0.15) is 0 Å². The van der Waals surface area contributed by atoms with Crippen LogP contribution in [-0.2, 0) is 6.61 Å². The first-order valence-corrected chi connectivity index (χ1v) is 10.6. The average Bonchev–Trinajstić information content (AvgIpc) is 2.90. The summed E-state index contributed by atoms with van der Waals surface area (Å²) < 4.78 is 32.7. The second-order valence-corrected chi connectivity index (χ2v) is 7.23. The van der Waals surface area contributed by atoms with Crippen LogP contribution in [0.15, 0.2) is 54.6 Å². The van der Waals surface area contributed by atoms with E-state index in [1.807, 2.05) is 30.3 Å². The first-order valence-electron chi connectivity index (χ1n) is 10.6. The van der Waals surface area contributed by atoms with E-state index in [4.69, 9.17) is 28.4 Å². The predicted molar refractivity (Wildman–Crippen MR) is 131 cm³/mol. The van der Waals surface area contributed by atoms with E-state index in [0.29, 0.717) is 23.7 Å². The highest BCUT2D eigenvalue weighted by Gasteiger charge is 2.26. The molecule has 3 aromatic rings. The molecule has 0 aliphatic heterocycles. The number of hydrogen-bond acceptors (Lipinski definition) is 8. The number of allylic oxidation sites excluding steroid dienone is 1. The summed E-state index contributed by atoms with van der Waals surface area (Å²) in [5, 5.41) is 10.7. The molecule has 8 nitrogen and oxygen atoms in total. The van der Waals surface area contributed by atoms with Gasteiger partial charge in [-0.3, -0.25) is 4.79 Å². The highest BCUT2D eigenvalue weighted by molar-refractivity contribution is 6.07. The molecule has 35 heavy (non-hydrogen) atoms. The third-order valence-electron chi connectivity index (χ3n) is 5.24. The van der Waals surface area contributed by atoms with Crippen molar-refractivity contribution in [2.45, 2.75) is 6.61 Å². The van der Waals surface area contributed by atoms with E-state index in [1.54, 1.807) is 18.2 Å². The van der Waals surface area contributed by atoms with Crippen LogP contribution in [0.5, 0.6) is 40.2 Å². The van der Waals surface area contributed by atoms with Gasteiger partial charge in [0.1, 0.15) is 6.61 Å². The monoisotopic (exact) mass is 480 g/mol. The smallest absolute Gasteiger partial charge is 0.211 e. The molecule has 0 fully saturated rings. The Balaban J connectivity index is 1.89. The molecular weight excluding hydrogens is 452 g/mol. The molecule has 0 amide bonds. The Hall–Kier alpha value is -4.33. The average molecular weight is 481 g/mol. The van der Waals surface area contributed by atoms with E-state index in [2.05, 4.69) is 0 Å². The number of benzene rings is 3. The zero-order valence-electron chi connectivity index (χ0n) is 20.3. The molecule has 0 spiro atoms.